The molecular weight excluding hydrogens is 260 g/mol. The van der Waals surface area contributed by atoms with Gasteiger partial charge in [-0.05, 0) is 31.2 Å². The van der Waals surface area contributed by atoms with Gasteiger partial charge >= 0.3 is 0 Å². The zero-order chi connectivity index (χ0) is 15.0. The minimum Gasteiger partial charge on any atom is -0.377 e. The first-order chi connectivity index (χ1) is 9.60. The van der Waals surface area contributed by atoms with Gasteiger partial charge in [0.1, 0.15) is 6.61 Å². The molecule has 0 heterocycles. The molecule has 20 heavy (non-hydrogen) atoms. The van der Waals surface area contributed by atoms with Gasteiger partial charge in [0.15, 0.2) is 6.29 Å². The molecule has 6 heteroatoms. The maximum atomic E-state index is 11.4. The summed E-state index contributed by atoms with van der Waals surface area (Å²) in [7, 11) is 4.68. The van der Waals surface area contributed by atoms with Crippen LogP contribution in [0.2, 0.25) is 0 Å². The molecule has 112 valence electrons. The molecule has 0 aliphatic rings. The van der Waals surface area contributed by atoms with Crippen molar-refractivity contribution in [3.8, 4) is 0 Å². The average molecular weight is 282 g/mol. The molecule has 0 bridgehead atoms. The Morgan fingerprint density at radius 3 is 2.15 bits per heavy atom. The lowest BCUT2D eigenvalue weighted by molar-refractivity contribution is -0.119. The zero-order valence-corrected chi connectivity index (χ0v) is 12.3. The molecule has 1 unspecified atom stereocenters. The third-order valence-electron chi connectivity index (χ3n) is 2.71. The van der Waals surface area contributed by atoms with Gasteiger partial charge < -0.3 is 24.8 Å². The lowest BCUT2D eigenvalue weighted by Gasteiger charge is -2.23. The zero-order valence-electron chi connectivity index (χ0n) is 12.3. The van der Waals surface area contributed by atoms with E-state index in [2.05, 4.69) is 10.6 Å². The molecule has 1 rings (SSSR count). The summed E-state index contributed by atoms with van der Waals surface area (Å²) in [5.74, 6) is -0.180. The summed E-state index contributed by atoms with van der Waals surface area (Å²) in [6, 6.07) is 7.38. The monoisotopic (exact) mass is 282 g/mol. The van der Waals surface area contributed by atoms with Crippen molar-refractivity contribution >= 4 is 17.3 Å². The number of nitrogens with one attached hydrogen (secondary N) is 2. The minimum atomic E-state index is -0.323. The molecule has 0 radical (unpaired) electrons. The van der Waals surface area contributed by atoms with Crippen LogP contribution in [0.5, 0.6) is 0 Å². The fraction of sp³-hybridized carbons (Fsp3) is 0.500. The molecule has 1 aromatic carbocycles. The van der Waals surface area contributed by atoms with E-state index in [4.69, 9.17) is 14.2 Å². The largest absolute Gasteiger partial charge is 0.377 e. The van der Waals surface area contributed by atoms with E-state index in [1.807, 2.05) is 31.2 Å². The highest BCUT2D eigenvalue weighted by Gasteiger charge is 2.15. The highest BCUT2D eigenvalue weighted by molar-refractivity contribution is 5.91. The molecule has 0 saturated heterocycles. The molecule has 0 aliphatic heterocycles. The smallest absolute Gasteiger partial charge is 0.250 e. The highest BCUT2D eigenvalue weighted by atomic mass is 16.7. The Morgan fingerprint density at radius 2 is 1.65 bits per heavy atom. The van der Waals surface area contributed by atoms with Crippen LogP contribution in [0.3, 0.4) is 0 Å². The number of carbonyl (C=O) groups is 1. The summed E-state index contributed by atoms with van der Waals surface area (Å²) in [5, 5.41) is 5.99. The first-order valence-electron chi connectivity index (χ1n) is 6.31. The van der Waals surface area contributed by atoms with Crippen molar-refractivity contribution in [1.29, 1.82) is 0 Å². The lowest BCUT2D eigenvalue weighted by Crippen LogP contribution is -2.33. The average Bonchev–Trinajstić information content (AvgIpc) is 2.42. The summed E-state index contributed by atoms with van der Waals surface area (Å²) in [6.07, 6.45) is -0.323. The fourth-order valence-electron chi connectivity index (χ4n) is 1.81. The maximum Gasteiger partial charge on any atom is 0.250 e. The van der Waals surface area contributed by atoms with Crippen LogP contribution in [0.1, 0.15) is 6.92 Å². The highest BCUT2D eigenvalue weighted by Crippen LogP contribution is 2.15. The number of ether oxygens (including phenoxy) is 3. The first-order valence-corrected chi connectivity index (χ1v) is 6.31. The van der Waals surface area contributed by atoms with Crippen LogP contribution in [0.25, 0.3) is 0 Å². The normalized spacial score (nSPS) is 12.2. The van der Waals surface area contributed by atoms with E-state index in [1.165, 1.54) is 7.11 Å². The quantitative estimate of drug-likeness (QED) is 0.710. The van der Waals surface area contributed by atoms with Gasteiger partial charge in [0.2, 0.25) is 5.91 Å². The Labute approximate surface area is 119 Å². The molecule has 1 atom stereocenters. The van der Waals surface area contributed by atoms with Gasteiger partial charge in [0, 0.05) is 32.7 Å². The maximum absolute atomic E-state index is 11.4. The lowest BCUT2D eigenvalue weighted by atomic mass is 10.2. The minimum absolute atomic E-state index is 0.000988. The van der Waals surface area contributed by atoms with Gasteiger partial charge in [-0.3, -0.25) is 4.79 Å². The Morgan fingerprint density at radius 1 is 1.10 bits per heavy atom. The summed E-state index contributed by atoms with van der Waals surface area (Å²) in [6.45, 7) is 2.01. The summed E-state index contributed by atoms with van der Waals surface area (Å²) in [4.78, 5) is 11.4. The molecule has 0 aliphatic carbocycles. The first kappa shape index (κ1) is 16.4. The number of anilines is 2. The van der Waals surface area contributed by atoms with Crippen LogP contribution < -0.4 is 10.6 Å². The van der Waals surface area contributed by atoms with Crippen LogP contribution in [0, 0.1) is 0 Å². The standard InChI is InChI=1S/C14H22N2O4/c1-10(14(19-3)20-4)15-11-5-7-12(8-6-11)16-13(17)9-18-2/h5-8,10,14-15H,9H2,1-4H3,(H,16,17). The van der Waals surface area contributed by atoms with Crippen LogP contribution in [0.4, 0.5) is 11.4 Å². The third-order valence-corrected chi connectivity index (χ3v) is 2.71. The topological polar surface area (TPSA) is 68.8 Å². The van der Waals surface area contributed by atoms with E-state index in [0.717, 1.165) is 11.4 Å². The molecular formula is C14H22N2O4. The van der Waals surface area contributed by atoms with E-state index in [9.17, 15) is 4.79 Å². The predicted molar refractivity (Wildman–Crippen MR) is 77.8 cm³/mol. The predicted octanol–water partition coefficient (Wildman–Crippen LogP) is 1.69. The van der Waals surface area contributed by atoms with Crippen LogP contribution in [-0.2, 0) is 19.0 Å². The van der Waals surface area contributed by atoms with Gasteiger partial charge in [0.25, 0.3) is 0 Å². The fourth-order valence-corrected chi connectivity index (χ4v) is 1.81. The number of benzene rings is 1. The van der Waals surface area contributed by atoms with Gasteiger partial charge in [-0.25, -0.2) is 0 Å². The number of amides is 1. The van der Waals surface area contributed by atoms with E-state index in [1.54, 1.807) is 14.2 Å². The molecule has 0 spiro atoms. The molecule has 1 aromatic rings. The Hall–Kier alpha value is -1.63. The molecule has 0 saturated carbocycles. The van der Waals surface area contributed by atoms with Gasteiger partial charge in [-0.15, -0.1) is 0 Å². The number of rotatable bonds is 8. The second kappa shape index (κ2) is 8.52. The van der Waals surface area contributed by atoms with Crippen molar-refractivity contribution in [3.63, 3.8) is 0 Å². The van der Waals surface area contributed by atoms with Crippen LogP contribution in [-0.4, -0.2) is 46.2 Å². The van der Waals surface area contributed by atoms with E-state index < -0.39 is 0 Å². The van der Waals surface area contributed by atoms with Crippen LogP contribution >= 0.6 is 0 Å². The van der Waals surface area contributed by atoms with Crippen molar-refractivity contribution in [2.24, 2.45) is 0 Å². The molecule has 0 fully saturated rings. The number of carbonyl (C=O) groups excluding carboxylic acids is 1. The van der Waals surface area contributed by atoms with Gasteiger partial charge in [-0.1, -0.05) is 0 Å². The summed E-state index contributed by atoms with van der Waals surface area (Å²) in [5.41, 5.74) is 1.64. The van der Waals surface area contributed by atoms with Crippen molar-refractivity contribution in [2.45, 2.75) is 19.3 Å². The number of methoxy groups -OCH3 is 3. The molecule has 2 N–H and O–H groups in total. The Bertz CT molecular complexity index is 404. The second-order valence-corrected chi connectivity index (χ2v) is 4.33. The Kier molecular flexibility index (Phi) is 7.00. The summed E-state index contributed by atoms with van der Waals surface area (Å²) >= 11 is 0. The van der Waals surface area contributed by atoms with Crippen molar-refractivity contribution in [1.82, 2.24) is 0 Å². The van der Waals surface area contributed by atoms with Crippen molar-refractivity contribution in [2.75, 3.05) is 38.6 Å². The van der Waals surface area contributed by atoms with E-state index >= 15 is 0 Å². The number of hydrogen-bond donors (Lipinski definition) is 2. The molecule has 6 nitrogen and oxygen atoms in total. The van der Waals surface area contributed by atoms with E-state index in [0.29, 0.717) is 0 Å². The van der Waals surface area contributed by atoms with Crippen LogP contribution in [0.15, 0.2) is 24.3 Å². The molecule has 1 amide bonds. The Balaban J connectivity index is 2.56. The summed E-state index contributed by atoms with van der Waals surface area (Å²) < 4.78 is 15.1. The molecule has 0 aromatic heterocycles. The van der Waals surface area contributed by atoms with Crippen molar-refractivity contribution in [3.05, 3.63) is 24.3 Å². The SMILES string of the molecule is COCC(=O)Nc1ccc(NC(C)C(OC)OC)cc1. The van der Waals surface area contributed by atoms with Gasteiger partial charge in [-0.2, -0.15) is 0 Å². The van der Waals surface area contributed by atoms with Crippen molar-refractivity contribution < 1.29 is 19.0 Å². The van der Waals surface area contributed by atoms with E-state index in [-0.39, 0.29) is 24.8 Å². The van der Waals surface area contributed by atoms with Gasteiger partial charge in [0.05, 0.1) is 6.04 Å². The second-order valence-electron chi connectivity index (χ2n) is 4.33. The third kappa shape index (κ3) is 5.16. The number of hydrogen-bond acceptors (Lipinski definition) is 5.